The Hall–Kier alpha value is -2.66. The van der Waals surface area contributed by atoms with Crippen molar-refractivity contribution in [2.45, 2.75) is 12.5 Å². The Morgan fingerprint density at radius 1 is 1.26 bits per heavy atom. The molecule has 23 heavy (non-hydrogen) atoms. The normalized spacial score (nSPS) is 19.0. The first-order chi connectivity index (χ1) is 11.1. The Labute approximate surface area is 134 Å². The van der Waals surface area contributed by atoms with E-state index < -0.39 is 9.84 Å². The minimum Gasteiger partial charge on any atom is -0.350 e. The fraction of sp³-hybridized carbons (Fsp3) is 0.267. The van der Waals surface area contributed by atoms with E-state index in [2.05, 4.69) is 26.7 Å². The zero-order valence-corrected chi connectivity index (χ0v) is 13.0. The smallest absolute Gasteiger partial charge is 0.224 e. The molecule has 2 N–H and O–H groups in total. The fourth-order valence-electron chi connectivity index (χ4n) is 2.42. The van der Waals surface area contributed by atoms with Gasteiger partial charge in [0.1, 0.15) is 11.9 Å². The van der Waals surface area contributed by atoms with Crippen molar-refractivity contribution in [1.82, 2.24) is 9.97 Å². The number of hydrogen-bond acceptors (Lipinski definition) is 7. The second-order valence-electron chi connectivity index (χ2n) is 5.29. The Kier molecular flexibility index (Phi) is 4.12. The summed E-state index contributed by atoms with van der Waals surface area (Å²) in [4.78, 5) is 8.43. The van der Waals surface area contributed by atoms with E-state index in [0.717, 1.165) is 0 Å². The van der Waals surface area contributed by atoms with Crippen LogP contribution in [0.3, 0.4) is 0 Å². The summed E-state index contributed by atoms with van der Waals surface area (Å²) in [7, 11) is -2.95. The molecule has 1 aromatic carbocycles. The van der Waals surface area contributed by atoms with E-state index >= 15 is 0 Å². The Bertz CT molecular complexity index is 860. The predicted molar refractivity (Wildman–Crippen MR) is 87.2 cm³/mol. The van der Waals surface area contributed by atoms with Crippen LogP contribution in [0.5, 0.6) is 0 Å². The molecule has 1 unspecified atom stereocenters. The van der Waals surface area contributed by atoms with E-state index in [4.69, 9.17) is 5.26 Å². The quantitative estimate of drug-likeness (QED) is 0.878. The highest BCUT2D eigenvalue weighted by molar-refractivity contribution is 7.91. The third-order valence-corrected chi connectivity index (χ3v) is 5.30. The predicted octanol–water partition coefficient (Wildman–Crippen LogP) is 1.69. The van der Waals surface area contributed by atoms with Crippen molar-refractivity contribution in [1.29, 1.82) is 5.26 Å². The van der Waals surface area contributed by atoms with E-state index in [9.17, 15) is 8.42 Å². The molecule has 0 aliphatic carbocycles. The summed E-state index contributed by atoms with van der Waals surface area (Å²) in [5.41, 5.74) is 1.17. The molecule has 2 aromatic rings. The van der Waals surface area contributed by atoms with Gasteiger partial charge in [-0.05, 0) is 24.6 Å². The minimum atomic E-state index is -2.95. The maximum absolute atomic E-state index is 11.5. The Morgan fingerprint density at radius 2 is 2.09 bits per heavy atom. The second-order valence-corrected chi connectivity index (χ2v) is 7.52. The molecule has 118 valence electrons. The average molecular weight is 329 g/mol. The highest BCUT2D eigenvalue weighted by atomic mass is 32.2. The Balaban J connectivity index is 1.74. The summed E-state index contributed by atoms with van der Waals surface area (Å²) in [5.74, 6) is 1.20. The zero-order valence-electron chi connectivity index (χ0n) is 12.2. The summed E-state index contributed by atoms with van der Waals surface area (Å²) in [6.07, 6.45) is 2.14. The zero-order chi connectivity index (χ0) is 16.3. The molecule has 1 atom stereocenters. The fourth-order valence-corrected chi connectivity index (χ4v) is 4.09. The van der Waals surface area contributed by atoms with Crippen LogP contribution in [-0.4, -0.2) is 35.9 Å². The minimum absolute atomic E-state index is 0.102. The van der Waals surface area contributed by atoms with Crippen molar-refractivity contribution in [3.05, 3.63) is 42.1 Å². The second kappa shape index (κ2) is 6.22. The number of aromatic nitrogens is 2. The maximum atomic E-state index is 11.5. The van der Waals surface area contributed by atoms with Gasteiger partial charge in [-0.15, -0.1) is 0 Å². The number of nitrogens with one attached hydrogen (secondary N) is 2. The van der Waals surface area contributed by atoms with Gasteiger partial charge >= 0.3 is 0 Å². The molecule has 3 rings (SSSR count). The maximum Gasteiger partial charge on any atom is 0.224 e. The highest BCUT2D eigenvalue weighted by Gasteiger charge is 2.28. The molecule has 0 radical (unpaired) electrons. The summed E-state index contributed by atoms with van der Waals surface area (Å²) in [6, 6.07) is 10.7. The van der Waals surface area contributed by atoms with Crippen molar-refractivity contribution < 1.29 is 8.42 Å². The van der Waals surface area contributed by atoms with Gasteiger partial charge in [0.25, 0.3) is 0 Å². The molecule has 7 nitrogen and oxygen atoms in total. The molecule has 1 fully saturated rings. The van der Waals surface area contributed by atoms with Crippen molar-refractivity contribution in [2.75, 3.05) is 22.1 Å². The monoisotopic (exact) mass is 329 g/mol. The number of benzene rings is 1. The summed E-state index contributed by atoms with van der Waals surface area (Å²) in [6.45, 7) is 0. The van der Waals surface area contributed by atoms with E-state index in [0.29, 0.717) is 29.4 Å². The number of sulfone groups is 1. The van der Waals surface area contributed by atoms with Crippen molar-refractivity contribution in [2.24, 2.45) is 0 Å². The van der Waals surface area contributed by atoms with Gasteiger partial charge in [-0.1, -0.05) is 12.1 Å². The molecule has 0 spiro atoms. The summed E-state index contributed by atoms with van der Waals surface area (Å²) >= 11 is 0. The lowest BCUT2D eigenvalue weighted by molar-refractivity contribution is 0.602. The summed E-state index contributed by atoms with van der Waals surface area (Å²) in [5, 5.41) is 15.2. The van der Waals surface area contributed by atoms with Gasteiger partial charge in [-0.3, -0.25) is 0 Å². The lowest BCUT2D eigenvalue weighted by atomic mass is 10.2. The van der Waals surface area contributed by atoms with Crippen LogP contribution in [0.15, 0.2) is 36.5 Å². The lowest BCUT2D eigenvalue weighted by Gasteiger charge is -2.12. The largest absolute Gasteiger partial charge is 0.350 e. The topological polar surface area (TPSA) is 108 Å². The molecule has 1 aromatic heterocycles. The van der Waals surface area contributed by atoms with Gasteiger partial charge in [0, 0.05) is 12.2 Å². The van der Waals surface area contributed by atoms with Gasteiger partial charge in [0.15, 0.2) is 9.84 Å². The van der Waals surface area contributed by atoms with Crippen molar-refractivity contribution in [3.63, 3.8) is 0 Å². The van der Waals surface area contributed by atoms with Crippen molar-refractivity contribution in [3.8, 4) is 6.07 Å². The molecule has 2 heterocycles. The number of anilines is 3. The van der Waals surface area contributed by atoms with Crippen LogP contribution in [0.25, 0.3) is 0 Å². The molecule has 0 bridgehead atoms. The average Bonchev–Trinajstić information content (AvgIpc) is 2.87. The van der Waals surface area contributed by atoms with Crippen LogP contribution >= 0.6 is 0 Å². The SMILES string of the molecule is N#Cc1ccccc1Nc1ccnc(NC2CCS(=O)(=O)C2)n1. The third kappa shape index (κ3) is 3.76. The number of nitrogens with zero attached hydrogens (tertiary/aromatic N) is 3. The van der Waals surface area contributed by atoms with Crippen LogP contribution < -0.4 is 10.6 Å². The first-order valence-corrected chi connectivity index (χ1v) is 8.94. The molecule has 0 saturated carbocycles. The molecular formula is C15H15N5O2S. The first kappa shape index (κ1) is 15.2. The van der Waals surface area contributed by atoms with Crippen LogP contribution in [0, 0.1) is 11.3 Å². The Morgan fingerprint density at radius 3 is 2.83 bits per heavy atom. The number of rotatable bonds is 4. The van der Waals surface area contributed by atoms with Crippen LogP contribution in [0.2, 0.25) is 0 Å². The molecule has 1 aliphatic rings. The van der Waals surface area contributed by atoms with E-state index in [1.807, 2.05) is 6.07 Å². The number of nitriles is 1. The third-order valence-electron chi connectivity index (χ3n) is 3.53. The standard InChI is InChI=1S/C15H15N5O2S/c16-9-11-3-1-2-4-13(11)19-14-5-7-17-15(20-14)18-12-6-8-23(21,22)10-12/h1-5,7,12H,6,8,10H2,(H2,17,18,19,20). The van der Waals surface area contributed by atoms with Gasteiger partial charge < -0.3 is 10.6 Å². The van der Waals surface area contributed by atoms with Crippen LogP contribution in [-0.2, 0) is 9.84 Å². The summed E-state index contributed by atoms with van der Waals surface area (Å²) < 4.78 is 23.0. The molecule has 0 amide bonds. The number of para-hydroxylation sites is 1. The lowest BCUT2D eigenvalue weighted by Crippen LogP contribution is -2.22. The van der Waals surface area contributed by atoms with Crippen molar-refractivity contribution >= 4 is 27.3 Å². The first-order valence-electron chi connectivity index (χ1n) is 7.12. The van der Waals surface area contributed by atoms with Crippen LogP contribution in [0.1, 0.15) is 12.0 Å². The molecule has 1 aliphatic heterocycles. The molecular weight excluding hydrogens is 314 g/mol. The molecule has 8 heteroatoms. The van der Waals surface area contributed by atoms with Gasteiger partial charge in [-0.2, -0.15) is 10.2 Å². The van der Waals surface area contributed by atoms with Gasteiger partial charge in [-0.25, -0.2) is 13.4 Å². The van der Waals surface area contributed by atoms with Gasteiger partial charge in [0.05, 0.1) is 22.8 Å². The van der Waals surface area contributed by atoms with Gasteiger partial charge in [0.2, 0.25) is 5.95 Å². The van der Waals surface area contributed by atoms with Crippen LogP contribution in [0.4, 0.5) is 17.5 Å². The highest BCUT2D eigenvalue weighted by Crippen LogP contribution is 2.20. The van der Waals surface area contributed by atoms with E-state index in [1.54, 1.807) is 30.5 Å². The van der Waals surface area contributed by atoms with E-state index in [-0.39, 0.29) is 17.5 Å². The van der Waals surface area contributed by atoms with E-state index in [1.165, 1.54) is 0 Å². The molecule has 1 saturated heterocycles. The number of hydrogen-bond donors (Lipinski definition) is 2.